The Morgan fingerprint density at radius 1 is 1.23 bits per heavy atom. The van der Waals surface area contributed by atoms with Crippen LogP contribution in [0.4, 0.5) is 5.69 Å². The molecule has 7 nitrogen and oxygen atoms in total. The smallest absolute Gasteiger partial charge is 0.337 e. The van der Waals surface area contributed by atoms with Crippen molar-refractivity contribution in [3.8, 4) is 17.7 Å². The highest BCUT2D eigenvalue weighted by atomic mass is 16.5. The van der Waals surface area contributed by atoms with Crippen LogP contribution in [0.3, 0.4) is 0 Å². The molecular formula is C24H27N3O4. The third-order valence-corrected chi connectivity index (χ3v) is 5.68. The molecule has 1 aliphatic rings. The minimum absolute atomic E-state index is 0.0295. The van der Waals surface area contributed by atoms with Gasteiger partial charge in [-0.25, -0.2) is 9.78 Å². The van der Waals surface area contributed by atoms with Crippen molar-refractivity contribution in [3.63, 3.8) is 0 Å². The number of hydrogen-bond acceptors (Lipinski definition) is 5. The molecule has 0 bridgehead atoms. The summed E-state index contributed by atoms with van der Waals surface area (Å²) in [6.07, 6.45) is 5.15. The molecule has 0 atom stereocenters. The Labute approximate surface area is 182 Å². The fourth-order valence-corrected chi connectivity index (χ4v) is 3.98. The van der Waals surface area contributed by atoms with Crippen LogP contribution in [-0.4, -0.2) is 28.0 Å². The number of aromatic carboxylic acids is 1. The first kappa shape index (κ1) is 22.3. The number of carbonyl (C=O) groups excluding carboxylic acids is 1. The summed E-state index contributed by atoms with van der Waals surface area (Å²) < 4.78 is 5.67. The number of carboxylic acid groups (broad SMARTS) is 1. The summed E-state index contributed by atoms with van der Waals surface area (Å²) in [5.74, 6) is -0.330. The van der Waals surface area contributed by atoms with Crippen molar-refractivity contribution in [2.45, 2.75) is 52.5 Å². The molecule has 1 aromatic carbocycles. The fraction of sp³-hybridized carbons (Fsp3) is 0.417. The third kappa shape index (κ3) is 5.02. The van der Waals surface area contributed by atoms with Crippen LogP contribution in [0.15, 0.2) is 36.5 Å². The van der Waals surface area contributed by atoms with Gasteiger partial charge in [0.1, 0.15) is 17.4 Å². The lowest BCUT2D eigenvalue weighted by Crippen LogP contribution is -2.42. The van der Waals surface area contributed by atoms with Gasteiger partial charge in [-0.05, 0) is 75.8 Å². The second-order valence-electron chi connectivity index (χ2n) is 8.31. The number of hydrogen-bond donors (Lipinski definition) is 1. The zero-order valence-electron chi connectivity index (χ0n) is 18.0. The Kier molecular flexibility index (Phi) is 6.91. The topological polar surface area (TPSA) is 104 Å². The van der Waals surface area contributed by atoms with E-state index in [1.807, 2.05) is 19.9 Å². The molecule has 7 heteroatoms. The van der Waals surface area contributed by atoms with E-state index in [9.17, 15) is 20.0 Å². The second kappa shape index (κ2) is 9.61. The van der Waals surface area contributed by atoms with Crippen molar-refractivity contribution in [3.05, 3.63) is 47.7 Å². The first-order valence-electron chi connectivity index (χ1n) is 10.5. The summed E-state index contributed by atoms with van der Waals surface area (Å²) in [5, 5.41) is 19.1. The molecule has 1 saturated carbocycles. The van der Waals surface area contributed by atoms with Gasteiger partial charge in [0.25, 0.3) is 0 Å². The molecule has 1 amide bonds. The lowest BCUT2D eigenvalue weighted by Gasteiger charge is -2.34. The molecule has 0 radical (unpaired) electrons. The Morgan fingerprint density at radius 2 is 1.94 bits per heavy atom. The highest BCUT2D eigenvalue weighted by molar-refractivity contribution is 6.03. The summed E-state index contributed by atoms with van der Waals surface area (Å²) in [6.45, 7) is 5.96. The van der Waals surface area contributed by atoms with Crippen molar-refractivity contribution in [1.82, 2.24) is 4.98 Å². The Morgan fingerprint density at radius 3 is 2.55 bits per heavy atom. The standard InChI is InChI=1S/C24H27N3O4/c1-15(2)27(23(28)17-8-6-16(3)7-9-17)21-11-10-19(13-20(21)24(29)30)31-22-18(14-25)5-4-12-26-22/h4-5,10-13,15-17H,6-9H2,1-3H3,(H,29,30). The van der Waals surface area contributed by atoms with Gasteiger partial charge < -0.3 is 14.7 Å². The Bertz CT molecular complexity index is 1000. The molecule has 3 rings (SSSR count). The number of nitrogens with zero attached hydrogens (tertiary/aromatic N) is 3. The van der Waals surface area contributed by atoms with E-state index in [0.717, 1.165) is 25.7 Å². The van der Waals surface area contributed by atoms with Crippen molar-refractivity contribution in [2.75, 3.05) is 4.90 Å². The normalized spacial score (nSPS) is 18.3. The summed E-state index contributed by atoms with van der Waals surface area (Å²) in [4.78, 5) is 31.0. The van der Waals surface area contributed by atoms with Crippen LogP contribution in [0.2, 0.25) is 0 Å². The average molecular weight is 421 g/mol. The fourth-order valence-electron chi connectivity index (χ4n) is 3.98. The van der Waals surface area contributed by atoms with E-state index in [-0.39, 0.29) is 40.6 Å². The molecule has 1 fully saturated rings. The van der Waals surface area contributed by atoms with Crippen LogP contribution < -0.4 is 9.64 Å². The maximum absolute atomic E-state index is 13.3. The van der Waals surface area contributed by atoms with Gasteiger partial charge in [-0.1, -0.05) is 6.92 Å². The second-order valence-corrected chi connectivity index (χ2v) is 8.31. The average Bonchev–Trinajstić information content (AvgIpc) is 2.75. The first-order chi connectivity index (χ1) is 14.8. The number of nitriles is 1. The zero-order chi connectivity index (χ0) is 22.5. The van der Waals surface area contributed by atoms with E-state index in [1.54, 1.807) is 29.2 Å². The number of anilines is 1. The molecule has 0 aliphatic heterocycles. The molecule has 31 heavy (non-hydrogen) atoms. The highest BCUT2D eigenvalue weighted by Gasteiger charge is 2.32. The van der Waals surface area contributed by atoms with Crippen molar-refractivity contribution in [2.24, 2.45) is 11.8 Å². The van der Waals surface area contributed by atoms with Crippen molar-refractivity contribution < 1.29 is 19.4 Å². The summed E-state index contributed by atoms with van der Waals surface area (Å²) in [5.41, 5.74) is 0.562. The Hall–Kier alpha value is -3.40. The molecular weight excluding hydrogens is 394 g/mol. The number of carboxylic acids is 1. The van der Waals surface area contributed by atoms with E-state index in [0.29, 0.717) is 11.6 Å². The largest absolute Gasteiger partial charge is 0.478 e. The molecule has 162 valence electrons. The zero-order valence-corrected chi connectivity index (χ0v) is 18.0. The minimum atomic E-state index is -1.15. The van der Waals surface area contributed by atoms with Crippen LogP contribution in [0, 0.1) is 23.2 Å². The van der Waals surface area contributed by atoms with Gasteiger partial charge in [-0.3, -0.25) is 4.79 Å². The molecule has 1 N–H and O–H groups in total. The van der Waals surface area contributed by atoms with Crippen molar-refractivity contribution in [1.29, 1.82) is 5.26 Å². The van der Waals surface area contributed by atoms with Gasteiger partial charge in [0.2, 0.25) is 11.8 Å². The first-order valence-corrected chi connectivity index (χ1v) is 10.5. The molecule has 0 spiro atoms. The number of benzene rings is 1. The maximum atomic E-state index is 13.3. The van der Waals surface area contributed by atoms with Gasteiger partial charge in [-0.2, -0.15) is 5.26 Å². The SMILES string of the molecule is CC1CCC(C(=O)N(c2ccc(Oc3ncccc3C#N)cc2C(=O)O)C(C)C)CC1. The van der Waals surface area contributed by atoms with E-state index in [1.165, 1.54) is 12.3 Å². The molecule has 0 saturated heterocycles. The lowest BCUT2D eigenvalue weighted by atomic mass is 9.82. The number of ether oxygens (including phenoxy) is 1. The summed E-state index contributed by atoms with van der Waals surface area (Å²) in [6, 6.07) is 9.56. The quantitative estimate of drug-likeness (QED) is 0.703. The molecule has 1 aliphatic carbocycles. The number of carbonyl (C=O) groups is 2. The summed E-state index contributed by atoms with van der Waals surface area (Å²) in [7, 11) is 0. The van der Waals surface area contributed by atoms with Gasteiger partial charge in [0, 0.05) is 18.2 Å². The van der Waals surface area contributed by atoms with E-state index in [2.05, 4.69) is 11.9 Å². The van der Waals surface area contributed by atoms with Crippen molar-refractivity contribution >= 4 is 17.6 Å². The maximum Gasteiger partial charge on any atom is 0.337 e. The lowest BCUT2D eigenvalue weighted by molar-refractivity contribution is -0.123. The molecule has 1 heterocycles. The molecule has 0 unspecified atom stereocenters. The number of aromatic nitrogens is 1. The number of rotatable bonds is 6. The number of pyridine rings is 1. The monoisotopic (exact) mass is 421 g/mol. The number of amides is 1. The van der Waals surface area contributed by atoms with Crippen LogP contribution in [0.5, 0.6) is 11.6 Å². The third-order valence-electron chi connectivity index (χ3n) is 5.68. The van der Waals surface area contributed by atoms with Crippen LogP contribution in [0.25, 0.3) is 0 Å². The predicted octanol–water partition coefficient (Wildman–Crippen LogP) is 5.01. The Balaban J connectivity index is 1.94. The van der Waals surface area contributed by atoms with Gasteiger partial charge in [-0.15, -0.1) is 0 Å². The van der Waals surface area contributed by atoms with E-state index >= 15 is 0 Å². The minimum Gasteiger partial charge on any atom is -0.478 e. The summed E-state index contributed by atoms with van der Waals surface area (Å²) >= 11 is 0. The van der Waals surface area contributed by atoms with Gasteiger partial charge >= 0.3 is 5.97 Å². The molecule has 1 aromatic heterocycles. The van der Waals surface area contributed by atoms with Gasteiger partial charge in [0.05, 0.1) is 11.3 Å². The van der Waals surface area contributed by atoms with Gasteiger partial charge in [0.15, 0.2) is 0 Å². The van der Waals surface area contributed by atoms with E-state index < -0.39 is 5.97 Å². The molecule has 2 aromatic rings. The highest BCUT2D eigenvalue weighted by Crippen LogP contribution is 2.34. The van der Waals surface area contributed by atoms with E-state index in [4.69, 9.17) is 4.74 Å². The predicted molar refractivity (Wildman–Crippen MR) is 116 cm³/mol. The van der Waals surface area contributed by atoms with Crippen LogP contribution >= 0.6 is 0 Å². The van der Waals surface area contributed by atoms with Crippen LogP contribution in [0.1, 0.15) is 62.4 Å². The van der Waals surface area contributed by atoms with Crippen LogP contribution in [-0.2, 0) is 4.79 Å².